The average Bonchev–Trinajstić information content (AvgIpc) is 2.30. The predicted molar refractivity (Wildman–Crippen MR) is 67.2 cm³/mol. The molecular weight excluding hydrogens is 238 g/mol. The number of hydrogen-bond donors (Lipinski definition) is 2. The molecule has 1 fully saturated rings. The van der Waals surface area contributed by atoms with Crippen LogP contribution in [0.4, 0.5) is 5.69 Å². The molecule has 0 atom stereocenters. The zero-order valence-corrected chi connectivity index (χ0v) is 10.4. The minimum atomic E-state index is -3.24. The minimum absolute atomic E-state index is 0.205. The summed E-state index contributed by atoms with van der Waals surface area (Å²) in [5.41, 5.74) is 0.578. The lowest BCUT2D eigenvalue weighted by Gasteiger charge is -2.22. The average molecular weight is 255 g/mol. The van der Waals surface area contributed by atoms with E-state index >= 15 is 0 Å². The van der Waals surface area contributed by atoms with E-state index in [-0.39, 0.29) is 11.7 Å². The van der Waals surface area contributed by atoms with E-state index in [4.69, 9.17) is 0 Å². The van der Waals surface area contributed by atoms with E-state index in [0.29, 0.717) is 5.69 Å². The molecule has 0 radical (unpaired) electrons. The molecule has 2 N–H and O–H groups in total. The van der Waals surface area contributed by atoms with Gasteiger partial charge in [0.1, 0.15) is 0 Å². The van der Waals surface area contributed by atoms with Gasteiger partial charge in [-0.3, -0.25) is 9.71 Å². The number of piperidine rings is 1. The molecule has 0 spiro atoms. The summed E-state index contributed by atoms with van der Waals surface area (Å²) < 4.78 is 26.4. The van der Waals surface area contributed by atoms with Crippen molar-refractivity contribution in [2.45, 2.75) is 12.8 Å². The number of rotatable bonds is 4. The van der Waals surface area contributed by atoms with Gasteiger partial charge in [0.2, 0.25) is 10.0 Å². The number of hydrogen-bond acceptors (Lipinski definition) is 4. The molecule has 1 aromatic heterocycles. The van der Waals surface area contributed by atoms with Crippen molar-refractivity contribution in [3.8, 4) is 0 Å². The van der Waals surface area contributed by atoms with Crippen molar-refractivity contribution in [3.05, 3.63) is 24.5 Å². The summed E-state index contributed by atoms with van der Waals surface area (Å²) in [7, 11) is -3.24. The van der Waals surface area contributed by atoms with Gasteiger partial charge < -0.3 is 5.32 Å². The Morgan fingerprint density at radius 2 is 1.94 bits per heavy atom. The molecule has 6 heteroatoms. The Balaban J connectivity index is 1.94. The van der Waals surface area contributed by atoms with E-state index in [0.717, 1.165) is 25.9 Å². The van der Waals surface area contributed by atoms with Gasteiger partial charge in [-0.1, -0.05) is 0 Å². The lowest BCUT2D eigenvalue weighted by Crippen LogP contribution is -2.33. The highest BCUT2D eigenvalue weighted by atomic mass is 32.2. The number of anilines is 1. The Labute approximate surface area is 102 Å². The molecule has 1 aromatic rings. The highest BCUT2D eigenvalue weighted by molar-refractivity contribution is 7.92. The molecule has 0 amide bonds. The molecule has 0 aromatic carbocycles. The van der Waals surface area contributed by atoms with E-state index in [1.54, 1.807) is 24.5 Å². The zero-order valence-electron chi connectivity index (χ0n) is 9.59. The maximum atomic E-state index is 11.9. The monoisotopic (exact) mass is 255 g/mol. The van der Waals surface area contributed by atoms with Crippen molar-refractivity contribution < 1.29 is 8.42 Å². The summed E-state index contributed by atoms with van der Waals surface area (Å²) in [4.78, 5) is 3.85. The van der Waals surface area contributed by atoms with Crippen molar-refractivity contribution in [1.82, 2.24) is 10.3 Å². The molecule has 1 aliphatic rings. The first-order chi connectivity index (χ1) is 8.16. The molecule has 1 aliphatic heterocycles. The maximum absolute atomic E-state index is 11.9. The normalized spacial score (nSPS) is 17.9. The molecule has 0 unspecified atom stereocenters. The summed E-state index contributed by atoms with van der Waals surface area (Å²) in [6.07, 6.45) is 5.00. The Morgan fingerprint density at radius 3 is 2.59 bits per heavy atom. The largest absolute Gasteiger partial charge is 0.317 e. The third-order valence-corrected chi connectivity index (χ3v) is 4.32. The first-order valence-corrected chi connectivity index (χ1v) is 7.42. The van der Waals surface area contributed by atoms with Crippen molar-refractivity contribution in [2.75, 3.05) is 23.6 Å². The second-order valence-corrected chi connectivity index (χ2v) is 6.08. The Hall–Kier alpha value is -1.14. The molecule has 0 saturated carbocycles. The minimum Gasteiger partial charge on any atom is -0.317 e. The number of nitrogens with one attached hydrogen (secondary N) is 2. The zero-order chi connectivity index (χ0) is 12.1. The van der Waals surface area contributed by atoms with E-state index in [2.05, 4.69) is 15.0 Å². The van der Waals surface area contributed by atoms with Crippen LogP contribution in [0.2, 0.25) is 0 Å². The molecule has 5 nitrogen and oxygen atoms in total. The summed E-state index contributed by atoms with van der Waals surface area (Å²) in [5, 5.41) is 3.23. The standard InChI is InChI=1S/C11H17N3O2S/c15-17(16,9-10-1-5-12-6-2-10)14-11-3-7-13-8-4-11/h3-4,7-8,10,12H,1-2,5-6,9H2,(H,13,14). The van der Waals surface area contributed by atoms with E-state index in [9.17, 15) is 8.42 Å². The third kappa shape index (κ3) is 3.98. The topological polar surface area (TPSA) is 71.1 Å². The first-order valence-electron chi connectivity index (χ1n) is 5.77. The smallest absolute Gasteiger partial charge is 0.232 e. The summed E-state index contributed by atoms with van der Waals surface area (Å²) in [6, 6.07) is 3.31. The van der Waals surface area contributed by atoms with Crippen molar-refractivity contribution in [1.29, 1.82) is 0 Å². The third-order valence-electron chi connectivity index (χ3n) is 2.87. The number of sulfonamides is 1. The fraction of sp³-hybridized carbons (Fsp3) is 0.545. The number of nitrogens with zero attached hydrogens (tertiary/aromatic N) is 1. The molecule has 0 bridgehead atoms. The maximum Gasteiger partial charge on any atom is 0.232 e. The van der Waals surface area contributed by atoms with Gasteiger partial charge in [0.15, 0.2) is 0 Å². The van der Waals surface area contributed by atoms with Crippen LogP contribution in [0.1, 0.15) is 12.8 Å². The molecule has 94 valence electrons. The summed E-state index contributed by atoms with van der Waals surface area (Å²) in [5.74, 6) is 0.465. The van der Waals surface area contributed by atoms with Crippen LogP contribution >= 0.6 is 0 Å². The van der Waals surface area contributed by atoms with Crippen LogP contribution in [0.5, 0.6) is 0 Å². The number of aromatic nitrogens is 1. The van der Waals surface area contributed by atoms with Crippen LogP contribution in [-0.2, 0) is 10.0 Å². The lowest BCUT2D eigenvalue weighted by atomic mass is 10.0. The Morgan fingerprint density at radius 1 is 1.29 bits per heavy atom. The molecular formula is C11H17N3O2S. The van der Waals surface area contributed by atoms with E-state index in [1.807, 2.05) is 0 Å². The predicted octanol–water partition coefficient (Wildman–Crippen LogP) is 0.823. The fourth-order valence-corrected chi connectivity index (χ4v) is 3.53. The Bertz CT molecular complexity index is 441. The van der Waals surface area contributed by atoms with Gasteiger partial charge in [0.05, 0.1) is 11.4 Å². The molecule has 0 aliphatic carbocycles. The number of pyridine rings is 1. The highest BCUT2D eigenvalue weighted by Gasteiger charge is 2.20. The quantitative estimate of drug-likeness (QED) is 0.835. The second kappa shape index (κ2) is 5.46. The van der Waals surface area contributed by atoms with E-state index in [1.165, 1.54) is 0 Å². The molecule has 17 heavy (non-hydrogen) atoms. The van der Waals surface area contributed by atoms with Crippen LogP contribution in [0, 0.1) is 5.92 Å². The SMILES string of the molecule is O=S(=O)(CC1CCNCC1)Nc1ccncc1. The van der Waals surface area contributed by atoms with Crippen molar-refractivity contribution in [2.24, 2.45) is 5.92 Å². The van der Waals surface area contributed by atoms with E-state index < -0.39 is 10.0 Å². The second-order valence-electron chi connectivity index (χ2n) is 4.31. The van der Waals surface area contributed by atoms with Crippen molar-refractivity contribution >= 4 is 15.7 Å². The van der Waals surface area contributed by atoms with Gasteiger partial charge >= 0.3 is 0 Å². The first kappa shape index (κ1) is 12.3. The Kier molecular flexibility index (Phi) is 3.96. The van der Waals surface area contributed by atoms with Gasteiger partial charge in [-0.05, 0) is 44.0 Å². The van der Waals surface area contributed by atoms with Gasteiger partial charge in [-0.15, -0.1) is 0 Å². The summed E-state index contributed by atoms with van der Waals surface area (Å²) >= 11 is 0. The van der Waals surface area contributed by atoms with Gasteiger partial charge in [0, 0.05) is 12.4 Å². The molecule has 2 rings (SSSR count). The van der Waals surface area contributed by atoms with Crippen LogP contribution in [-0.4, -0.2) is 32.2 Å². The van der Waals surface area contributed by atoms with Crippen LogP contribution in [0.15, 0.2) is 24.5 Å². The fourth-order valence-electron chi connectivity index (χ4n) is 2.00. The summed E-state index contributed by atoms with van der Waals surface area (Å²) in [6.45, 7) is 1.82. The molecule has 1 saturated heterocycles. The van der Waals surface area contributed by atoms with Crippen LogP contribution in [0.3, 0.4) is 0 Å². The molecule has 2 heterocycles. The van der Waals surface area contributed by atoms with Crippen LogP contribution in [0.25, 0.3) is 0 Å². The van der Waals surface area contributed by atoms with Gasteiger partial charge in [-0.25, -0.2) is 8.42 Å². The highest BCUT2D eigenvalue weighted by Crippen LogP contribution is 2.16. The van der Waals surface area contributed by atoms with Gasteiger partial charge in [0.25, 0.3) is 0 Å². The van der Waals surface area contributed by atoms with Crippen LogP contribution < -0.4 is 10.0 Å². The van der Waals surface area contributed by atoms with Crippen molar-refractivity contribution in [3.63, 3.8) is 0 Å². The lowest BCUT2D eigenvalue weighted by molar-refractivity contribution is 0.402. The van der Waals surface area contributed by atoms with Gasteiger partial charge in [-0.2, -0.15) is 0 Å².